The van der Waals surface area contributed by atoms with Crippen LogP contribution in [0.25, 0.3) is 5.57 Å². The fourth-order valence-corrected chi connectivity index (χ4v) is 4.54. The molecule has 0 saturated carbocycles. The fraction of sp³-hybridized carbons (Fsp3) is 0.200. The molecule has 4 rings (SSSR count). The van der Waals surface area contributed by atoms with Gasteiger partial charge in [-0.3, -0.25) is 0 Å². The lowest BCUT2D eigenvalue weighted by molar-refractivity contribution is 0.661. The number of hydrogen-bond acceptors (Lipinski definition) is 1. The third-order valence-corrected chi connectivity index (χ3v) is 6.29. The largest absolute Gasteiger partial charge is 0.310 e. The summed E-state index contributed by atoms with van der Waals surface area (Å²) in [5, 5.41) is 0. The molecule has 0 heterocycles. The molecule has 1 nitrogen and oxygen atoms in total. The van der Waals surface area contributed by atoms with Gasteiger partial charge in [0.2, 0.25) is 0 Å². The molecule has 1 aliphatic rings. The maximum absolute atomic E-state index is 5.67. The second-order valence-electron chi connectivity index (χ2n) is 8.79. The summed E-state index contributed by atoms with van der Waals surface area (Å²) < 4.78 is 0. The summed E-state index contributed by atoms with van der Waals surface area (Å²) in [6.07, 6.45) is 9.77. The van der Waals surface area contributed by atoms with Gasteiger partial charge in [-0.2, -0.15) is 0 Å². The Morgan fingerprint density at radius 2 is 1.32 bits per heavy atom. The molecule has 0 radical (unpaired) electrons. The first-order chi connectivity index (χ1) is 14.9. The zero-order chi connectivity index (χ0) is 22.2. The first kappa shape index (κ1) is 20.8. The maximum atomic E-state index is 5.67. The Labute approximate surface area is 186 Å². The molecule has 0 saturated heterocycles. The minimum atomic E-state index is -0.147. The third kappa shape index (κ3) is 3.60. The third-order valence-electron chi connectivity index (χ3n) is 6.29. The second kappa shape index (κ2) is 7.97. The van der Waals surface area contributed by atoms with E-state index in [9.17, 15) is 0 Å². The van der Waals surface area contributed by atoms with Crippen LogP contribution in [0, 0.1) is 26.2 Å². The average Bonchev–Trinajstić information content (AvgIpc) is 2.97. The van der Waals surface area contributed by atoms with Crippen molar-refractivity contribution in [2.75, 3.05) is 4.90 Å². The van der Waals surface area contributed by atoms with E-state index in [1.807, 2.05) is 6.08 Å². The Bertz CT molecular complexity index is 1170. The lowest BCUT2D eigenvalue weighted by atomic mass is 9.82. The quantitative estimate of drug-likeness (QED) is 0.400. The van der Waals surface area contributed by atoms with E-state index in [2.05, 4.69) is 118 Å². The van der Waals surface area contributed by atoms with Crippen LogP contribution >= 0.6 is 0 Å². The van der Waals surface area contributed by atoms with Crippen molar-refractivity contribution in [3.63, 3.8) is 0 Å². The number of fused-ring (bicyclic) bond motifs is 1. The van der Waals surface area contributed by atoms with Crippen LogP contribution in [0.4, 0.5) is 17.1 Å². The van der Waals surface area contributed by atoms with Crippen LogP contribution in [0.2, 0.25) is 0 Å². The summed E-state index contributed by atoms with van der Waals surface area (Å²) in [5.74, 6) is 2.75. The Kier molecular flexibility index (Phi) is 5.34. The maximum Gasteiger partial charge on any atom is 0.0465 e. The average molecular weight is 404 g/mol. The Hall–Kier alpha value is -3.50. The summed E-state index contributed by atoms with van der Waals surface area (Å²) >= 11 is 0. The second-order valence-corrected chi connectivity index (χ2v) is 8.79. The molecule has 0 N–H and O–H groups in total. The van der Waals surface area contributed by atoms with E-state index in [-0.39, 0.29) is 5.41 Å². The van der Waals surface area contributed by atoms with Gasteiger partial charge in [0.25, 0.3) is 0 Å². The van der Waals surface area contributed by atoms with Crippen LogP contribution in [0.5, 0.6) is 0 Å². The van der Waals surface area contributed by atoms with E-state index in [1.165, 1.54) is 33.4 Å². The molecule has 1 heteroatoms. The number of hydrogen-bond donors (Lipinski definition) is 0. The van der Waals surface area contributed by atoms with Gasteiger partial charge in [0.1, 0.15) is 0 Å². The molecule has 154 valence electrons. The van der Waals surface area contributed by atoms with Crippen molar-refractivity contribution < 1.29 is 0 Å². The lowest BCUT2D eigenvalue weighted by Crippen LogP contribution is -2.16. The molecule has 0 amide bonds. The van der Waals surface area contributed by atoms with Gasteiger partial charge >= 0.3 is 0 Å². The van der Waals surface area contributed by atoms with Gasteiger partial charge in [-0.05, 0) is 85.5 Å². The van der Waals surface area contributed by atoms with E-state index in [0.29, 0.717) is 0 Å². The zero-order valence-corrected chi connectivity index (χ0v) is 19.0. The van der Waals surface area contributed by atoms with Crippen molar-refractivity contribution >= 4 is 22.6 Å². The van der Waals surface area contributed by atoms with E-state index in [0.717, 1.165) is 17.1 Å². The molecular formula is C30H29N. The van der Waals surface area contributed by atoms with E-state index in [4.69, 9.17) is 6.42 Å². The highest BCUT2D eigenvalue weighted by molar-refractivity contribution is 5.91. The standard InChI is InChI=1S/C30H29N/c1-7-9-28-26(8-2)27-19-18-25(20-29(27)30(28,5)6)31(23-14-10-21(3)11-15-23)24-16-12-22(4)13-17-24/h1,8-20H,2-6H3/b26-8-,28-9+. The first-order valence-corrected chi connectivity index (χ1v) is 10.8. The molecule has 0 atom stereocenters. The summed E-state index contributed by atoms with van der Waals surface area (Å²) in [5.41, 5.74) is 10.8. The Morgan fingerprint density at radius 3 is 1.81 bits per heavy atom. The molecule has 1 aliphatic carbocycles. The Morgan fingerprint density at radius 1 is 0.806 bits per heavy atom. The van der Waals surface area contributed by atoms with E-state index >= 15 is 0 Å². The van der Waals surface area contributed by atoms with Crippen LogP contribution in [0.1, 0.15) is 43.0 Å². The summed E-state index contributed by atoms with van der Waals surface area (Å²) in [7, 11) is 0. The molecule has 3 aromatic rings. The minimum Gasteiger partial charge on any atom is -0.310 e. The molecule has 0 aromatic heterocycles. The topological polar surface area (TPSA) is 3.24 Å². The Balaban J connectivity index is 1.92. The van der Waals surface area contributed by atoms with Crippen molar-refractivity contribution in [3.8, 4) is 12.3 Å². The van der Waals surface area contributed by atoms with Gasteiger partial charge in [0, 0.05) is 22.5 Å². The molecule has 0 unspecified atom stereocenters. The molecule has 31 heavy (non-hydrogen) atoms. The highest BCUT2D eigenvalue weighted by atomic mass is 15.1. The number of aryl methyl sites for hydroxylation is 2. The number of allylic oxidation sites excluding steroid dienone is 4. The number of terminal acetylenes is 1. The van der Waals surface area contributed by atoms with Crippen LogP contribution in [0.15, 0.2) is 84.5 Å². The minimum absolute atomic E-state index is 0.147. The summed E-state index contributed by atoms with van der Waals surface area (Å²) in [6.45, 7) is 10.9. The summed E-state index contributed by atoms with van der Waals surface area (Å²) in [6, 6.07) is 24.2. The highest BCUT2D eigenvalue weighted by Gasteiger charge is 2.38. The van der Waals surface area contributed by atoms with E-state index in [1.54, 1.807) is 0 Å². The van der Waals surface area contributed by atoms with Crippen molar-refractivity contribution in [1.82, 2.24) is 0 Å². The van der Waals surface area contributed by atoms with Crippen molar-refractivity contribution in [3.05, 3.63) is 107 Å². The first-order valence-electron chi connectivity index (χ1n) is 10.8. The van der Waals surface area contributed by atoms with Crippen LogP contribution in [-0.2, 0) is 5.41 Å². The molecule has 3 aromatic carbocycles. The molecule has 0 spiro atoms. The predicted octanol–water partition coefficient (Wildman–Crippen LogP) is 8.03. The van der Waals surface area contributed by atoms with Crippen molar-refractivity contribution in [2.24, 2.45) is 0 Å². The van der Waals surface area contributed by atoms with Crippen LogP contribution < -0.4 is 4.90 Å². The number of rotatable bonds is 3. The molecular weight excluding hydrogens is 374 g/mol. The fourth-order valence-electron chi connectivity index (χ4n) is 4.54. The monoisotopic (exact) mass is 403 g/mol. The van der Waals surface area contributed by atoms with Gasteiger partial charge in [-0.15, -0.1) is 6.42 Å². The SMILES string of the molecule is C#C/C=C1\C(=C/C)c2ccc(N(c3ccc(C)cc3)c3ccc(C)cc3)cc2C1(C)C. The lowest BCUT2D eigenvalue weighted by Gasteiger charge is -2.28. The zero-order valence-electron chi connectivity index (χ0n) is 19.0. The number of anilines is 3. The van der Waals surface area contributed by atoms with Crippen molar-refractivity contribution in [2.45, 2.75) is 40.0 Å². The smallest absolute Gasteiger partial charge is 0.0465 e. The molecule has 0 bridgehead atoms. The molecule has 0 fully saturated rings. The number of nitrogens with zero attached hydrogens (tertiary/aromatic N) is 1. The van der Waals surface area contributed by atoms with Gasteiger partial charge in [0.05, 0.1) is 0 Å². The normalized spacial score (nSPS) is 16.9. The van der Waals surface area contributed by atoms with Gasteiger partial charge < -0.3 is 4.90 Å². The summed E-state index contributed by atoms with van der Waals surface area (Å²) in [4.78, 5) is 2.33. The van der Waals surface area contributed by atoms with Gasteiger partial charge in [-0.25, -0.2) is 0 Å². The van der Waals surface area contributed by atoms with Crippen LogP contribution in [0.3, 0.4) is 0 Å². The predicted molar refractivity (Wildman–Crippen MR) is 134 cm³/mol. The van der Waals surface area contributed by atoms with E-state index < -0.39 is 0 Å². The van der Waals surface area contributed by atoms with Gasteiger partial charge in [0.15, 0.2) is 0 Å². The van der Waals surface area contributed by atoms with Crippen molar-refractivity contribution in [1.29, 1.82) is 0 Å². The highest BCUT2D eigenvalue weighted by Crippen LogP contribution is 2.51. The number of benzene rings is 3. The molecule has 0 aliphatic heterocycles. The van der Waals surface area contributed by atoms with Gasteiger partial charge in [-0.1, -0.05) is 67.3 Å². The van der Waals surface area contributed by atoms with Crippen LogP contribution in [-0.4, -0.2) is 0 Å².